The number of para-hydroxylation sites is 1. The molecular formula is C19H14FN3O3S2. The first-order chi connectivity index (χ1) is 13.4. The van der Waals surface area contributed by atoms with Crippen LogP contribution < -0.4 is 10.3 Å². The van der Waals surface area contributed by atoms with Crippen molar-refractivity contribution in [3.05, 3.63) is 82.0 Å². The first-order valence-electron chi connectivity index (χ1n) is 8.21. The third-order valence-corrected chi connectivity index (χ3v) is 6.92. The summed E-state index contributed by atoms with van der Waals surface area (Å²) in [6, 6.07) is 13.7. The number of aromatic nitrogens is 2. The van der Waals surface area contributed by atoms with Gasteiger partial charge in [0.2, 0.25) is 0 Å². The lowest BCUT2D eigenvalue weighted by molar-refractivity contribution is 0.600. The molecule has 6 nitrogen and oxygen atoms in total. The van der Waals surface area contributed by atoms with Crippen LogP contribution in [-0.4, -0.2) is 18.0 Å². The number of sulfonamides is 1. The minimum atomic E-state index is -3.92. The highest BCUT2D eigenvalue weighted by Gasteiger charge is 2.19. The van der Waals surface area contributed by atoms with Gasteiger partial charge in [-0.15, -0.1) is 11.3 Å². The molecule has 9 heteroatoms. The first-order valence-corrected chi connectivity index (χ1v) is 10.6. The number of thiophene rings is 1. The van der Waals surface area contributed by atoms with Crippen LogP contribution in [0.3, 0.4) is 0 Å². The first kappa shape index (κ1) is 18.3. The number of anilines is 1. The van der Waals surface area contributed by atoms with Gasteiger partial charge in [-0.3, -0.25) is 14.1 Å². The zero-order valence-corrected chi connectivity index (χ0v) is 16.2. The van der Waals surface area contributed by atoms with Gasteiger partial charge >= 0.3 is 0 Å². The maximum Gasteiger partial charge on any atom is 0.271 e. The number of benzene rings is 2. The van der Waals surface area contributed by atoms with E-state index in [-0.39, 0.29) is 15.5 Å². The molecule has 0 fully saturated rings. The maximum absolute atomic E-state index is 14.3. The highest BCUT2D eigenvalue weighted by molar-refractivity contribution is 7.94. The largest absolute Gasteiger partial charge is 0.276 e. The van der Waals surface area contributed by atoms with Crippen molar-refractivity contribution in [2.24, 2.45) is 0 Å². The van der Waals surface area contributed by atoms with Crippen molar-refractivity contribution >= 4 is 38.0 Å². The van der Waals surface area contributed by atoms with Gasteiger partial charge in [-0.2, -0.15) is 0 Å². The number of fused-ring (bicyclic) bond motifs is 1. The lowest BCUT2D eigenvalue weighted by Gasteiger charge is -2.13. The second kappa shape index (κ2) is 6.84. The topological polar surface area (TPSA) is 81.1 Å². The van der Waals surface area contributed by atoms with E-state index in [1.807, 2.05) is 0 Å². The van der Waals surface area contributed by atoms with Crippen molar-refractivity contribution in [3.8, 4) is 5.69 Å². The molecule has 0 bridgehead atoms. The molecule has 0 saturated heterocycles. The van der Waals surface area contributed by atoms with E-state index in [2.05, 4.69) is 9.71 Å². The quantitative estimate of drug-likeness (QED) is 0.551. The number of halogens is 1. The van der Waals surface area contributed by atoms with Crippen LogP contribution in [0.5, 0.6) is 0 Å². The summed E-state index contributed by atoms with van der Waals surface area (Å²) in [4.78, 5) is 17.3. The van der Waals surface area contributed by atoms with Crippen molar-refractivity contribution in [2.75, 3.05) is 4.72 Å². The number of hydrogen-bond acceptors (Lipinski definition) is 5. The van der Waals surface area contributed by atoms with Crippen molar-refractivity contribution < 1.29 is 12.8 Å². The third kappa shape index (κ3) is 3.19. The van der Waals surface area contributed by atoms with Gasteiger partial charge in [-0.05, 0) is 48.7 Å². The molecule has 2 aromatic heterocycles. The van der Waals surface area contributed by atoms with Crippen LogP contribution in [0.1, 0.15) is 5.82 Å². The van der Waals surface area contributed by atoms with Crippen molar-refractivity contribution in [1.29, 1.82) is 0 Å². The number of hydrogen-bond donors (Lipinski definition) is 1. The molecule has 2 aromatic carbocycles. The molecule has 0 unspecified atom stereocenters. The van der Waals surface area contributed by atoms with Gasteiger partial charge in [-0.25, -0.2) is 17.8 Å². The molecule has 0 spiro atoms. The summed E-state index contributed by atoms with van der Waals surface area (Å²) < 4.78 is 42.8. The van der Waals surface area contributed by atoms with Gasteiger partial charge in [0.15, 0.2) is 0 Å². The SMILES string of the molecule is Cc1nc2ccccc2c(=O)n1-c1ccc(F)c(NS(=O)(=O)c2cccs2)c1. The third-order valence-electron chi connectivity index (χ3n) is 4.16. The molecule has 0 aliphatic heterocycles. The van der Waals surface area contributed by atoms with Gasteiger partial charge in [0.05, 0.1) is 22.3 Å². The summed E-state index contributed by atoms with van der Waals surface area (Å²) in [6.45, 7) is 1.66. The van der Waals surface area contributed by atoms with Crippen LogP contribution >= 0.6 is 11.3 Å². The van der Waals surface area contributed by atoms with Crippen LogP contribution in [0.15, 0.2) is 69.0 Å². The van der Waals surface area contributed by atoms with E-state index in [4.69, 9.17) is 0 Å². The van der Waals surface area contributed by atoms with Crippen LogP contribution in [0.25, 0.3) is 16.6 Å². The van der Waals surface area contributed by atoms with E-state index >= 15 is 0 Å². The van der Waals surface area contributed by atoms with Crippen molar-refractivity contribution in [3.63, 3.8) is 0 Å². The highest BCUT2D eigenvalue weighted by Crippen LogP contribution is 2.24. The molecule has 2 heterocycles. The van der Waals surface area contributed by atoms with E-state index in [0.29, 0.717) is 22.4 Å². The predicted molar refractivity (Wildman–Crippen MR) is 107 cm³/mol. The minimum absolute atomic E-state index is 0.0676. The van der Waals surface area contributed by atoms with E-state index in [1.54, 1.807) is 42.6 Å². The number of aryl methyl sites for hydroxylation is 1. The highest BCUT2D eigenvalue weighted by atomic mass is 32.2. The van der Waals surface area contributed by atoms with Crippen LogP contribution in [-0.2, 0) is 10.0 Å². The predicted octanol–water partition coefficient (Wildman–Crippen LogP) is 3.70. The molecule has 142 valence electrons. The van der Waals surface area contributed by atoms with Crippen molar-refractivity contribution in [2.45, 2.75) is 11.1 Å². The van der Waals surface area contributed by atoms with Gasteiger partial charge in [-0.1, -0.05) is 18.2 Å². The Hall–Kier alpha value is -3.04. The molecule has 1 N–H and O–H groups in total. The summed E-state index contributed by atoms with van der Waals surface area (Å²) in [5.41, 5.74) is 0.306. The van der Waals surface area contributed by atoms with Crippen LogP contribution in [0.2, 0.25) is 0 Å². The standard InChI is InChI=1S/C19H14FN3O3S2/c1-12-21-16-6-3-2-5-14(16)19(24)23(12)13-8-9-15(20)17(11-13)22-28(25,26)18-7-4-10-27-18/h2-11,22H,1H3. The fourth-order valence-electron chi connectivity index (χ4n) is 2.89. The molecule has 28 heavy (non-hydrogen) atoms. The van der Waals surface area contributed by atoms with E-state index in [9.17, 15) is 17.6 Å². The Morgan fingerprint density at radius 3 is 2.64 bits per heavy atom. The summed E-state index contributed by atoms with van der Waals surface area (Å²) in [5, 5.41) is 2.03. The monoisotopic (exact) mass is 415 g/mol. The van der Waals surface area contributed by atoms with Crippen molar-refractivity contribution in [1.82, 2.24) is 9.55 Å². The zero-order chi connectivity index (χ0) is 19.9. The Bertz CT molecular complexity index is 1350. The molecule has 0 atom stereocenters. The Morgan fingerprint density at radius 1 is 1.11 bits per heavy atom. The second-order valence-electron chi connectivity index (χ2n) is 6.02. The van der Waals surface area contributed by atoms with E-state index < -0.39 is 15.8 Å². The minimum Gasteiger partial charge on any atom is -0.276 e. The Morgan fingerprint density at radius 2 is 1.89 bits per heavy atom. The molecule has 4 rings (SSSR count). The second-order valence-corrected chi connectivity index (χ2v) is 8.88. The van der Waals surface area contributed by atoms with Gasteiger partial charge in [0.1, 0.15) is 15.9 Å². The molecule has 4 aromatic rings. The number of nitrogens with one attached hydrogen (secondary N) is 1. The Balaban J connectivity index is 1.84. The summed E-state index contributed by atoms with van der Waals surface area (Å²) in [5.74, 6) is -0.342. The average Bonchev–Trinajstić information content (AvgIpc) is 3.20. The van der Waals surface area contributed by atoms with Gasteiger partial charge in [0, 0.05) is 0 Å². The lowest BCUT2D eigenvalue weighted by Crippen LogP contribution is -2.22. The summed E-state index contributed by atoms with van der Waals surface area (Å²) in [6.07, 6.45) is 0. The van der Waals surface area contributed by atoms with Gasteiger partial charge < -0.3 is 0 Å². The Labute approximate surface area is 164 Å². The van der Waals surface area contributed by atoms with Gasteiger partial charge in [0.25, 0.3) is 15.6 Å². The van der Waals surface area contributed by atoms with Crippen LogP contribution in [0.4, 0.5) is 10.1 Å². The Kier molecular flexibility index (Phi) is 4.48. The molecule has 0 radical (unpaired) electrons. The van der Waals surface area contributed by atoms with E-state index in [0.717, 1.165) is 17.4 Å². The number of rotatable bonds is 4. The fraction of sp³-hybridized carbons (Fsp3) is 0.0526. The van der Waals surface area contributed by atoms with Crippen LogP contribution in [0, 0.1) is 12.7 Å². The molecule has 0 aliphatic rings. The fourth-order valence-corrected chi connectivity index (χ4v) is 4.94. The summed E-state index contributed by atoms with van der Waals surface area (Å²) in [7, 11) is -3.92. The normalized spacial score (nSPS) is 11.6. The number of nitrogens with zero attached hydrogens (tertiary/aromatic N) is 2. The molecule has 0 saturated carbocycles. The molecule has 0 amide bonds. The maximum atomic E-state index is 14.3. The lowest BCUT2D eigenvalue weighted by atomic mass is 10.2. The summed E-state index contributed by atoms with van der Waals surface area (Å²) >= 11 is 1.02. The average molecular weight is 415 g/mol. The molecule has 0 aliphatic carbocycles. The van der Waals surface area contributed by atoms with E-state index in [1.165, 1.54) is 22.8 Å². The zero-order valence-electron chi connectivity index (χ0n) is 14.6. The molecular weight excluding hydrogens is 401 g/mol. The smallest absolute Gasteiger partial charge is 0.271 e.